The molecule has 5 nitrogen and oxygen atoms in total. The number of halogens is 2. The van der Waals surface area contributed by atoms with Crippen molar-refractivity contribution in [3.8, 4) is 0 Å². The summed E-state index contributed by atoms with van der Waals surface area (Å²) in [5, 5.41) is 2.42. The van der Waals surface area contributed by atoms with Gasteiger partial charge in [0.25, 0.3) is 5.91 Å². The third-order valence-electron chi connectivity index (χ3n) is 2.23. The van der Waals surface area contributed by atoms with E-state index in [2.05, 4.69) is 10.3 Å². The smallest absolute Gasteiger partial charge is 0.254 e. The van der Waals surface area contributed by atoms with Crippen LogP contribution >= 0.6 is 0 Å². The second-order valence-corrected chi connectivity index (χ2v) is 3.64. The molecule has 0 bridgehead atoms. The quantitative estimate of drug-likeness (QED) is 0.582. The van der Waals surface area contributed by atoms with E-state index >= 15 is 0 Å². The number of amides is 2. The Morgan fingerprint density at radius 3 is 2.72 bits per heavy atom. The van der Waals surface area contributed by atoms with Gasteiger partial charge in [-0.15, -0.1) is 0 Å². The Hall–Kier alpha value is -2.05. The zero-order chi connectivity index (χ0) is 13.5. The molecule has 98 valence electrons. The lowest BCUT2D eigenvalue weighted by atomic mass is 10.2. The number of unbranched alkanes of at least 4 members (excludes halogenated alkanes) is 1. The Kier molecular flexibility index (Phi) is 5.16. The summed E-state index contributed by atoms with van der Waals surface area (Å²) in [5.74, 6) is -3.71. The SMILES string of the molecule is NC(=O)CCCCNC(=O)c1ccnc(F)c1F. The van der Waals surface area contributed by atoms with Crippen molar-refractivity contribution in [3.63, 3.8) is 0 Å². The molecule has 0 aliphatic carbocycles. The third-order valence-corrected chi connectivity index (χ3v) is 2.23. The van der Waals surface area contributed by atoms with Gasteiger partial charge < -0.3 is 11.1 Å². The van der Waals surface area contributed by atoms with Gasteiger partial charge in [0.1, 0.15) is 0 Å². The number of pyridine rings is 1. The number of hydrogen-bond donors (Lipinski definition) is 2. The fourth-order valence-electron chi connectivity index (χ4n) is 1.31. The molecule has 0 unspecified atom stereocenters. The molecule has 2 amide bonds. The minimum atomic E-state index is -1.31. The van der Waals surface area contributed by atoms with Gasteiger partial charge in [-0.25, -0.2) is 9.37 Å². The van der Waals surface area contributed by atoms with Gasteiger partial charge in [0.2, 0.25) is 11.9 Å². The Morgan fingerprint density at radius 1 is 1.33 bits per heavy atom. The lowest BCUT2D eigenvalue weighted by molar-refractivity contribution is -0.118. The van der Waals surface area contributed by atoms with Gasteiger partial charge in [-0.1, -0.05) is 0 Å². The highest BCUT2D eigenvalue weighted by Gasteiger charge is 2.15. The highest BCUT2D eigenvalue weighted by molar-refractivity contribution is 5.94. The average molecular weight is 257 g/mol. The molecule has 1 rings (SSSR count). The number of aromatic nitrogens is 1. The predicted molar refractivity (Wildman–Crippen MR) is 59.5 cm³/mol. The number of rotatable bonds is 6. The molecule has 0 fully saturated rings. The first-order chi connectivity index (χ1) is 8.52. The highest BCUT2D eigenvalue weighted by atomic mass is 19.2. The van der Waals surface area contributed by atoms with Crippen molar-refractivity contribution in [2.45, 2.75) is 19.3 Å². The second kappa shape index (κ2) is 6.63. The maximum atomic E-state index is 13.2. The van der Waals surface area contributed by atoms with Crippen LogP contribution < -0.4 is 11.1 Å². The van der Waals surface area contributed by atoms with Crippen molar-refractivity contribution in [1.29, 1.82) is 0 Å². The van der Waals surface area contributed by atoms with E-state index in [1.807, 2.05) is 0 Å². The predicted octanol–water partition coefficient (Wildman–Crippen LogP) is 0.745. The molecule has 18 heavy (non-hydrogen) atoms. The van der Waals surface area contributed by atoms with E-state index in [1.165, 1.54) is 0 Å². The zero-order valence-electron chi connectivity index (χ0n) is 9.58. The summed E-state index contributed by atoms with van der Waals surface area (Å²) < 4.78 is 25.9. The van der Waals surface area contributed by atoms with Gasteiger partial charge in [-0.2, -0.15) is 4.39 Å². The lowest BCUT2D eigenvalue weighted by Crippen LogP contribution is -2.26. The highest BCUT2D eigenvalue weighted by Crippen LogP contribution is 2.08. The molecular formula is C11H13F2N3O2. The normalized spacial score (nSPS) is 10.1. The number of carbonyl (C=O) groups is 2. The molecule has 1 aromatic heterocycles. The van der Waals surface area contributed by atoms with Gasteiger partial charge in [-0.3, -0.25) is 9.59 Å². The Balaban J connectivity index is 2.41. The van der Waals surface area contributed by atoms with E-state index in [4.69, 9.17) is 5.73 Å². The molecule has 0 radical (unpaired) electrons. The van der Waals surface area contributed by atoms with Gasteiger partial charge in [0.05, 0.1) is 5.56 Å². The molecule has 0 aliphatic rings. The molecule has 1 heterocycles. The lowest BCUT2D eigenvalue weighted by Gasteiger charge is -2.05. The maximum absolute atomic E-state index is 13.2. The summed E-state index contributed by atoms with van der Waals surface area (Å²) in [6.07, 6.45) is 2.31. The monoisotopic (exact) mass is 257 g/mol. The van der Waals surface area contributed by atoms with E-state index < -0.39 is 29.1 Å². The number of carbonyl (C=O) groups excluding carboxylic acids is 2. The number of primary amides is 1. The third kappa shape index (κ3) is 4.08. The molecule has 7 heteroatoms. The van der Waals surface area contributed by atoms with Crippen LogP contribution in [0.5, 0.6) is 0 Å². The first kappa shape index (κ1) is 14.0. The summed E-state index contributed by atoms with van der Waals surface area (Å²) in [7, 11) is 0. The Labute approximate surface area is 102 Å². The first-order valence-electron chi connectivity index (χ1n) is 5.39. The average Bonchev–Trinajstić information content (AvgIpc) is 2.31. The van der Waals surface area contributed by atoms with Crippen molar-refractivity contribution in [1.82, 2.24) is 10.3 Å². The van der Waals surface area contributed by atoms with Crippen LogP contribution in [-0.2, 0) is 4.79 Å². The molecule has 0 aliphatic heterocycles. The van der Waals surface area contributed by atoms with Gasteiger partial charge in [0, 0.05) is 19.2 Å². The summed E-state index contributed by atoms with van der Waals surface area (Å²) >= 11 is 0. The summed E-state index contributed by atoms with van der Waals surface area (Å²) in [4.78, 5) is 25.0. The van der Waals surface area contributed by atoms with E-state index in [0.717, 1.165) is 12.3 Å². The van der Waals surface area contributed by atoms with Crippen LogP contribution in [0.15, 0.2) is 12.3 Å². The summed E-state index contributed by atoms with van der Waals surface area (Å²) in [6.45, 7) is 0.259. The minimum Gasteiger partial charge on any atom is -0.370 e. The molecule has 0 aromatic carbocycles. The van der Waals surface area contributed by atoms with Crippen molar-refractivity contribution >= 4 is 11.8 Å². The Bertz CT molecular complexity index is 452. The van der Waals surface area contributed by atoms with Crippen LogP contribution in [-0.4, -0.2) is 23.3 Å². The molecular weight excluding hydrogens is 244 g/mol. The van der Waals surface area contributed by atoms with Crippen LogP contribution in [0, 0.1) is 11.8 Å². The van der Waals surface area contributed by atoms with Gasteiger partial charge in [0.15, 0.2) is 5.82 Å². The topological polar surface area (TPSA) is 85.1 Å². The number of nitrogens with two attached hydrogens (primary N) is 1. The molecule has 3 N–H and O–H groups in total. The second-order valence-electron chi connectivity index (χ2n) is 3.64. The molecule has 0 spiro atoms. The fraction of sp³-hybridized carbons (Fsp3) is 0.364. The molecule has 1 aromatic rings. The van der Waals surface area contributed by atoms with Gasteiger partial charge >= 0.3 is 0 Å². The summed E-state index contributed by atoms with van der Waals surface area (Å²) in [6, 6.07) is 1.09. The minimum absolute atomic E-state index is 0.230. The van der Waals surface area contributed by atoms with Crippen LogP contribution in [0.25, 0.3) is 0 Å². The largest absolute Gasteiger partial charge is 0.370 e. The number of hydrogen-bond acceptors (Lipinski definition) is 3. The Morgan fingerprint density at radius 2 is 2.06 bits per heavy atom. The van der Waals surface area contributed by atoms with Gasteiger partial charge in [-0.05, 0) is 18.9 Å². The first-order valence-corrected chi connectivity index (χ1v) is 5.39. The maximum Gasteiger partial charge on any atom is 0.254 e. The van der Waals surface area contributed by atoms with Crippen molar-refractivity contribution in [2.75, 3.05) is 6.54 Å². The number of nitrogens with zero attached hydrogens (tertiary/aromatic N) is 1. The van der Waals surface area contributed by atoms with E-state index in [1.54, 1.807) is 0 Å². The standard InChI is InChI=1S/C11H13F2N3O2/c12-9-7(4-6-15-10(9)13)11(18)16-5-2-1-3-8(14)17/h4,6H,1-3,5H2,(H2,14,17)(H,16,18). The van der Waals surface area contributed by atoms with Crippen LogP contribution in [0.4, 0.5) is 8.78 Å². The summed E-state index contributed by atoms with van der Waals surface area (Å²) in [5.41, 5.74) is 4.55. The molecule has 0 atom stereocenters. The number of nitrogens with one attached hydrogen (secondary N) is 1. The van der Waals surface area contributed by atoms with E-state index in [9.17, 15) is 18.4 Å². The van der Waals surface area contributed by atoms with Crippen molar-refractivity contribution in [3.05, 3.63) is 29.6 Å². The molecule has 0 saturated carbocycles. The van der Waals surface area contributed by atoms with Crippen molar-refractivity contribution < 1.29 is 18.4 Å². The zero-order valence-corrected chi connectivity index (χ0v) is 9.58. The van der Waals surface area contributed by atoms with Crippen LogP contribution in [0.2, 0.25) is 0 Å². The molecule has 0 saturated heterocycles. The van der Waals surface area contributed by atoms with Crippen LogP contribution in [0.3, 0.4) is 0 Å². The van der Waals surface area contributed by atoms with Crippen molar-refractivity contribution in [2.24, 2.45) is 5.73 Å². The van der Waals surface area contributed by atoms with E-state index in [-0.39, 0.29) is 13.0 Å². The van der Waals surface area contributed by atoms with Crippen LogP contribution in [0.1, 0.15) is 29.6 Å². The van der Waals surface area contributed by atoms with E-state index in [0.29, 0.717) is 12.8 Å². The fourth-order valence-corrected chi connectivity index (χ4v) is 1.31.